The van der Waals surface area contributed by atoms with Crippen LogP contribution in [0.15, 0.2) is 47.6 Å². The highest BCUT2D eigenvalue weighted by atomic mass is 16.5. The quantitative estimate of drug-likeness (QED) is 0.587. The summed E-state index contributed by atoms with van der Waals surface area (Å²) in [6.45, 7) is 5.23. The van der Waals surface area contributed by atoms with Gasteiger partial charge in [-0.15, -0.1) is 0 Å². The highest BCUT2D eigenvalue weighted by Gasteiger charge is 2.11. The monoisotopic (exact) mass is 383 g/mol. The molecule has 0 atom stereocenters. The Hall–Kier alpha value is -3.06. The zero-order chi connectivity index (χ0) is 19.8. The van der Waals surface area contributed by atoms with Crippen molar-refractivity contribution in [3.05, 3.63) is 53.6 Å². The van der Waals surface area contributed by atoms with Crippen LogP contribution in [0.3, 0.4) is 0 Å². The molecule has 1 fully saturated rings. The first kappa shape index (κ1) is 19.7. The predicted octanol–water partition coefficient (Wildman–Crippen LogP) is 2.37. The highest BCUT2D eigenvalue weighted by Crippen LogP contribution is 2.19. The number of hydrogen-bond acceptors (Lipinski definition) is 6. The molecule has 0 unspecified atom stereocenters. The molecule has 148 valence electrons. The fourth-order valence-electron chi connectivity index (χ4n) is 2.85. The second-order valence-electron chi connectivity index (χ2n) is 6.40. The summed E-state index contributed by atoms with van der Waals surface area (Å²) in [6.07, 6.45) is 1.64. The van der Waals surface area contributed by atoms with Gasteiger partial charge in [0.05, 0.1) is 26.5 Å². The van der Waals surface area contributed by atoms with Crippen molar-refractivity contribution in [1.29, 1.82) is 0 Å². The van der Waals surface area contributed by atoms with Crippen molar-refractivity contribution in [3.63, 3.8) is 0 Å². The average Bonchev–Trinajstić information content (AvgIpc) is 2.74. The maximum Gasteiger partial charge on any atom is 0.277 e. The van der Waals surface area contributed by atoms with Crippen LogP contribution in [0.1, 0.15) is 11.1 Å². The van der Waals surface area contributed by atoms with E-state index in [1.54, 1.807) is 37.6 Å². The second kappa shape index (κ2) is 9.75. The highest BCUT2D eigenvalue weighted by molar-refractivity contribution is 5.84. The minimum Gasteiger partial charge on any atom is -0.497 e. The maximum absolute atomic E-state index is 11.9. The summed E-state index contributed by atoms with van der Waals surface area (Å²) < 4.78 is 15.9. The van der Waals surface area contributed by atoms with Crippen LogP contribution in [-0.2, 0) is 9.53 Å². The lowest BCUT2D eigenvalue weighted by Crippen LogP contribution is -2.36. The summed E-state index contributed by atoms with van der Waals surface area (Å²) in [6, 6.07) is 13.2. The minimum absolute atomic E-state index is 0.112. The average molecular weight is 383 g/mol. The molecule has 2 aromatic carbocycles. The van der Waals surface area contributed by atoms with E-state index in [4.69, 9.17) is 14.2 Å². The van der Waals surface area contributed by atoms with Crippen molar-refractivity contribution in [2.45, 2.75) is 6.92 Å². The first-order valence-electron chi connectivity index (χ1n) is 9.18. The van der Waals surface area contributed by atoms with Crippen LogP contribution in [0.25, 0.3) is 0 Å². The van der Waals surface area contributed by atoms with E-state index in [9.17, 15) is 4.79 Å². The number of methoxy groups -OCH3 is 1. The molecule has 0 radical (unpaired) electrons. The Balaban J connectivity index is 1.48. The molecule has 1 amide bonds. The predicted molar refractivity (Wildman–Crippen MR) is 108 cm³/mol. The van der Waals surface area contributed by atoms with Crippen LogP contribution in [0, 0.1) is 6.92 Å². The summed E-state index contributed by atoms with van der Waals surface area (Å²) in [5, 5.41) is 4.03. The Morgan fingerprint density at radius 1 is 1.18 bits per heavy atom. The number of carbonyl (C=O) groups is 1. The van der Waals surface area contributed by atoms with Gasteiger partial charge in [0.25, 0.3) is 5.91 Å². The molecule has 0 aromatic heterocycles. The van der Waals surface area contributed by atoms with Crippen LogP contribution in [0.5, 0.6) is 11.5 Å². The molecule has 7 nitrogen and oxygen atoms in total. The van der Waals surface area contributed by atoms with Gasteiger partial charge in [0, 0.05) is 18.8 Å². The molecule has 3 rings (SSSR count). The van der Waals surface area contributed by atoms with Crippen molar-refractivity contribution < 1.29 is 19.0 Å². The van der Waals surface area contributed by atoms with E-state index in [1.165, 1.54) is 5.69 Å². The van der Waals surface area contributed by atoms with E-state index in [1.807, 2.05) is 13.0 Å². The summed E-state index contributed by atoms with van der Waals surface area (Å²) >= 11 is 0. The number of ether oxygens (including phenoxy) is 3. The van der Waals surface area contributed by atoms with E-state index in [0.29, 0.717) is 5.75 Å². The SMILES string of the molecule is COc1ccc(OCC(=O)N/N=C/c2ccc(N3CCOCC3)cc2C)cc1. The lowest BCUT2D eigenvalue weighted by atomic mass is 10.1. The van der Waals surface area contributed by atoms with Crippen LogP contribution in [0.4, 0.5) is 5.69 Å². The van der Waals surface area contributed by atoms with Gasteiger partial charge < -0.3 is 19.1 Å². The van der Waals surface area contributed by atoms with E-state index >= 15 is 0 Å². The van der Waals surface area contributed by atoms with E-state index < -0.39 is 0 Å². The van der Waals surface area contributed by atoms with E-state index in [0.717, 1.165) is 43.2 Å². The maximum atomic E-state index is 11.9. The number of hydrogen-bond donors (Lipinski definition) is 1. The Kier molecular flexibility index (Phi) is 6.86. The second-order valence-corrected chi connectivity index (χ2v) is 6.40. The fraction of sp³-hybridized carbons (Fsp3) is 0.333. The number of carbonyl (C=O) groups excluding carboxylic acids is 1. The van der Waals surface area contributed by atoms with Gasteiger partial charge in [-0.2, -0.15) is 5.10 Å². The normalized spacial score (nSPS) is 14.1. The Morgan fingerprint density at radius 3 is 2.57 bits per heavy atom. The molecule has 0 saturated carbocycles. The standard InChI is InChI=1S/C21H25N3O4/c1-16-13-18(24-9-11-27-12-10-24)4-3-17(16)14-22-23-21(25)15-28-20-7-5-19(26-2)6-8-20/h3-8,13-14H,9-12,15H2,1-2H3,(H,23,25)/b22-14+. The molecule has 0 spiro atoms. The first-order valence-corrected chi connectivity index (χ1v) is 9.18. The molecule has 1 aliphatic rings. The topological polar surface area (TPSA) is 72.4 Å². The Morgan fingerprint density at radius 2 is 1.89 bits per heavy atom. The van der Waals surface area contributed by atoms with Crippen molar-refractivity contribution in [3.8, 4) is 11.5 Å². The summed E-state index contributed by atoms with van der Waals surface area (Å²) in [5.41, 5.74) is 5.70. The summed E-state index contributed by atoms with van der Waals surface area (Å²) in [4.78, 5) is 14.2. The molecule has 1 N–H and O–H groups in total. The third-order valence-corrected chi connectivity index (χ3v) is 4.45. The van der Waals surface area contributed by atoms with Crippen LogP contribution in [-0.4, -0.2) is 52.1 Å². The molecular weight excluding hydrogens is 358 g/mol. The van der Waals surface area contributed by atoms with E-state index in [-0.39, 0.29) is 12.5 Å². The minimum atomic E-state index is -0.324. The van der Waals surface area contributed by atoms with Gasteiger partial charge >= 0.3 is 0 Å². The number of nitrogens with one attached hydrogen (secondary N) is 1. The van der Waals surface area contributed by atoms with Gasteiger partial charge in [-0.25, -0.2) is 5.43 Å². The van der Waals surface area contributed by atoms with Crippen molar-refractivity contribution >= 4 is 17.8 Å². The number of hydrazone groups is 1. The van der Waals surface area contributed by atoms with Gasteiger partial charge in [0.2, 0.25) is 0 Å². The molecule has 0 aliphatic carbocycles. The fourth-order valence-corrected chi connectivity index (χ4v) is 2.85. The van der Waals surface area contributed by atoms with Gasteiger partial charge in [0.1, 0.15) is 11.5 Å². The third kappa shape index (κ3) is 5.47. The van der Waals surface area contributed by atoms with Gasteiger partial charge in [-0.05, 0) is 54.4 Å². The molecule has 28 heavy (non-hydrogen) atoms. The zero-order valence-electron chi connectivity index (χ0n) is 16.2. The number of aryl methyl sites for hydroxylation is 1. The molecular formula is C21H25N3O4. The number of benzene rings is 2. The van der Waals surface area contributed by atoms with Crippen molar-refractivity contribution in [2.24, 2.45) is 5.10 Å². The smallest absolute Gasteiger partial charge is 0.277 e. The molecule has 7 heteroatoms. The zero-order valence-corrected chi connectivity index (χ0v) is 16.2. The Bertz CT molecular complexity index is 815. The largest absolute Gasteiger partial charge is 0.497 e. The van der Waals surface area contributed by atoms with Crippen LogP contribution >= 0.6 is 0 Å². The van der Waals surface area contributed by atoms with Crippen molar-refractivity contribution in [1.82, 2.24) is 5.43 Å². The van der Waals surface area contributed by atoms with Gasteiger partial charge in [0.15, 0.2) is 6.61 Å². The van der Waals surface area contributed by atoms with Crippen LogP contribution < -0.4 is 19.8 Å². The Labute approximate surface area is 164 Å². The molecule has 0 bridgehead atoms. The molecule has 1 aliphatic heterocycles. The lowest BCUT2D eigenvalue weighted by Gasteiger charge is -2.29. The van der Waals surface area contributed by atoms with Crippen molar-refractivity contribution in [2.75, 3.05) is 44.9 Å². The van der Waals surface area contributed by atoms with Crippen LogP contribution in [0.2, 0.25) is 0 Å². The number of rotatable bonds is 7. The summed E-state index contributed by atoms with van der Waals surface area (Å²) in [5.74, 6) is 1.00. The van der Waals surface area contributed by atoms with E-state index in [2.05, 4.69) is 27.6 Å². The molecule has 1 saturated heterocycles. The number of nitrogens with zero attached hydrogens (tertiary/aromatic N) is 2. The number of anilines is 1. The third-order valence-electron chi connectivity index (χ3n) is 4.45. The number of amides is 1. The lowest BCUT2D eigenvalue weighted by molar-refractivity contribution is -0.123. The number of morpholine rings is 1. The van der Waals surface area contributed by atoms with Gasteiger partial charge in [-0.3, -0.25) is 4.79 Å². The molecule has 1 heterocycles. The summed E-state index contributed by atoms with van der Waals surface area (Å²) in [7, 11) is 1.60. The first-order chi connectivity index (χ1) is 13.7. The molecule has 2 aromatic rings. The van der Waals surface area contributed by atoms with Gasteiger partial charge in [-0.1, -0.05) is 6.07 Å².